The molecule has 2 rings (SSSR count). The second kappa shape index (κ2) is 5.61. The maximum Gasteiger partial charge on any atom is 0.246 e. The van der Waals surface area contributed by atoms with Gasteiger partial charge in [-0.2, -0.15) is 4.99 Å². The van der Waals surface area contributed by atoms with Gasteiger partial charge in [-0.3, -0.25) is 0 Å². The first-order valence-electron chi connectivity index (χ1n) is 5.18. The monoisotopic (exact) mass is 242 g/mol. The summed E-state index contributed by atoms with van der Waals surface area (Å²) in [5, 5.41) is 0. The smallest absolute Gasteiger partial charge is 0.246 e. The molecule has 1 aromatic heterocycles. The summed E-state index contributed by atoms with van der Waals surface area (Å²) >= 11 is 0. The molecule has 0 saturated carbocycles. The van der Waals surface area contributed by atoms with E-state index in [1.807, 2.05) is 0 Å². The highest BCUT2D eigenvalue weighted by Gasteiger charge is 2.05. The molecular formula is C13H10N2O3. The van der Waals surface area contributed by atoms with Crippen LogP contribution in [0.2, 0.25) is 0 Å². The SMILES string of the molecule is COc1ccc(Oc2ncccc2N=C=O)cc1. The highest BCUT2D eigenvalue weighted by atomic mass is 16.5. The van der Waals surface area contributed by atoms with Gasteiger partial charge in [0.25, 0.3) is 0 Å². The molecule has 5 nitrogen and oxygen atoms in total. The van der Waals surface area contributed by atoms with Crippen molar-refractivity contribution in [3.05, 3.63) is 42.6 Å². The first-order chi connectivity index (χ1) is 8.83. The lowest BCUT2D eigenvalue weighted by atomic mass is 10.3. The minimum Gasteiger partial charge on any atom is -0.497 e. The van der Waals surface area contributed by atoms with Gasteiger partial charge in [0.15, 0.2) is 0 Å². The van der Waals surface area contributed by atoms with Gasteiger partial charge < -0.3 is 9.47 Å². The summed E-state index contributed by atoms with van der Waals surface area (Å²) in [5.41, 5.74) is 0.336. The van der Waals surface area contributed by atoms with E-state index < -0.39 is 0 Å². The zero-order valence-electron chi connectivity index (χ0n) is 9.66. The third-order valence-electron chi connectivity index (χ3n) is 2.19. The quantitative estimate of drug-likeness (QED) is 0.611. The largest absolute Gasteiger partial charge is 0.497 e. The number of aliphatic imine (C=N–C) groups is 1. The van der Waals surface area contributed by atoms with Crippen molar-refractivity contribution in [2.24, 2.45) is 4.99 Å². The Labute approximate surface area is 104 Å². The number of isocyanates is 1. The summed E-state index contributed by atoms with van der Waals surface area (Å²) in [7, 11) is 1.59. The maximum atomic E-state index is 10.3. The van der Waals surface area contributed by atoms with Gasteiger partial charge >= 0.3 is 0 Å². The number of nitrogens with zero attached hydrogens (tertiary/aromatic N) is 2. The second-order valence-electron chi connectivity index (χ2n) is 3.31. The van der Waals surface area contributed by atoms with Crippen LogP contribution in [0.15, 0.2) is 47.6 Å². The minimum absolute atomic E-state index is 0.256. The van der Waals surface area contributed by atoms with Crippen molar-refractivity contribution < 1.29 is 14.3 Å². The number of hydrogen-bond donors (Lipinski definition) is 0. The van der Waals surface area contributed by atoms with E-state index in [9.17, 15) is 4.79 Å². The lowest BCUT2D eigenvalue weighted by molar-refractivity contribution is 0.412. The van der Waals surface area contributed by atoms with Gasteiger partial charge in [-0.25, -0.2) is 9.78 Å². The first kappa shape index (κ1) is 11.8. The van der Waals surface area contributed by atoms with Crippen LogP contribution >= 0.6 is 0 Å². The van der Waals surface area contributed by atoms with Crippen LogP contribution in [0.4, 0.5) is 5.69 Å². The van der Waals surface area contributed by atoms with E-state index in [2.05, 4.69) is 9.98 Å². The molecule has 0 aliphatic heterocycles. The number of hydrogen-bond acceptors (Lipinski definition) is 5. The molecule has 0 unspecified atom stereocenters. The minimum atomic E-state index is 0.256. The fourth-order valence-electron chi connectivity index (χ4n) is 1.35. The van der Waals surface area contributed by atoms with Gasteiger partial charge in [0, 0.05) is 6.20 Å². The molecule has 5 heteroatoms. The molecule has 0 fully saturated rings. The van der Waals surface area contributed by atoms with Crippen LogP contribution in [-0.2, 0) is 4.79 Å². The van der Waals surface area contributed by atoms with Crippen molar-refractivity contribution in [3.8, 4) is 17.4 Å². The van der Waals surface area contributed by atoms with Crippen LogP contribution in [0.5, 0.6) is 17.4 Å². The van der Waals surface area contributed by atoms with Gasteiger partial charge in [-0.1, -0.05) is 0 Å². The average Bonchev–Trinajstić information content (AvgIpc) is 2.42. The second-order valence-corrected chi connectivity index (χ2v) is 3.31. The molecule has 0 bridgehead atoms. The fraction of sp³-hybridized carbons (Fsp3) is 0.0769. The predicted molar refractivity (Wildman–Crippen MR) is 65.1 cm³/mol. The number of pyridine rings is 1. The zero-order valence-corrected chi connectivity index (χ0v) is 9.66. The van der Waals surface area contributed by atoms with Gasteiger partial charge in [-0.15, -0.1) is 0 Å². The Morgan fingerprint density at radius 1 is 1.17 bits per heavy atom. The fourth-order valence-corrected chi connectivity index (χ4v) is 1.35. The maximum absolute atomic E-state index is 10.3. The van der Waals surface area contributed by atoms with E-state index >= 15 is 0 Å². The van der Waals surface area contributed by atoms with E-state index in [-0.39, 0.29) is 5.88 Å². The van der Waals surface area contributed by atoms with Gasteiger partial charge in [0.05, 0.1) is 7.11 Å². The van der Waals surface area contributed by atoms with Crippen molar-refractivity contribution in [1.82, 2.24) is 4.98 Å². The Kier molecular flexibility index (Phi) is 3.69. The zero-order chi connectivity index (χ0) is 12.8. The third-order valence-corrected chi connectivity index (χ3v) is 2.19. The number of ether oxygens (including phenoxy) is 2. The van der Waals surface area contributed by atoms with Crippen LogP contribution < -0.4 is 9.47 Å². The number of rotatable bonds is 4. The summed E-state index contributed by atoms with van der Waals surface area (Å²) in [5.74, 6) is 1.57. The van der Waals surface area contributed by atoms with Crippen LogP contribution in [0, 0.1) is 0 Å². The van der Waals surface area contributed by atoms with Crippen LogP contribution in [0.1, 0.15) is 0 Å². The molecule has 0 radical (unpaired) electrons. The predicted octanol–water partition coefficient (Wildman–Crippen LogP) is 2.85. The van der Waals surface area contributed by atoms with Crippen LogP contribution in [0.25, 0.3) is 0 Å². The number of carbonyl (C=O) groups excluding carboxylic acids is 1. The summed E-state index contributed by atoms with van der Waals surface area (Å²) in [6.07, 6.45) is 3.02. The highest BCUT2D eigenvalue weighted by Crippen LogP contribution is 2.29. The molecule has 0 N–H and O–H groups in total. The van der Waals surface area contributed by atoms with Gasteiger partial charge in [0.1, 0.15) is 17.2 Å². The van der Waals surface area contributed by atoms with Crippen molar-refractivity contribution in [3.63, 3.8) is 0 Å². The summed E-state index contributed by atoms with van der Waals surface area (Å²) in [6.45, 7) is 0. The van der Waals surface area contributed by atoms with Gasteiger partial charge in [0.2, 0.25) is 12.0 Å². The molecule has 90 valence electrons. The van der Waals surface area contributed by atoms with E-state index in [4.69, 9.17) is 9.47 Å². The van der Waals surface area contributed by atoms with E-state index in [1.54, 1.807) is 49.7 Å². The third kappa shape index (κ3) is 2.72. The van der Waals surface area contributed by atoms with Crippen molar-refractivity contribution >= 4 is 11.8 Å². The molecule has 0 atom stereocenters. The average molecular weight is 242 g/mol. The highest BCUT2D eigenvalue weighted by molar-refractivity contribution is 5.55. The molecular weight excluding hydrogens is 232 g/mol. The first-order valence-corrected chi connectivity index (χ1v) is 5.18. The van der Waals surface area contributed by atoms with Crippen LogP contribution in [0.3, 0.4) is 0 Å². The Morgan fingerprint density at radius 3 is 2.56 bits per heavy atom. The van der Waals surface area contributed by atoms with E-state index in [0.717, 1.165) is 5.75 Å². The summed E-state index contributed by atoms with van der Waals surface area (Å²) in [6, 6.07) is 10.3. The van der Waals surface area contributed by atoms with Crippen LogP contribution in [-0.4, -0.2) is 18.2 Å². The van der Waals surface area contributed by atoms with Crippen molar-refractivity contribution in [2.75, 3.05) is 7.11 Å². The summed E-state index contributed by atoms with van der Waals surface area (Å²) < 4.78 is 10.6. The molecule has 0 aliphatic carbocycles. The van der Waals surface area contributed by atoms with E-state index in [0.29, 0.717) is 11.4 Å². The molecule has 18 heavy (non-hydrogen) atoms. The Balaban J connectivity index is 2.25. The van der Waals surface area contributed by atoms with Crippen molar-refractivity contribution in [1.29, 1.82) is 0 Å². The lowest BCUT2D eigenvalue weighted by Gasteiger charge is -2.06. The molecule has 0 spiro atoms. The Morgan fingerprint density at radius 2 is 1.89 bits per heavy atom. The normalized spacial score (nSPS) is 9.39. The molecule has 1 heterocycles. The van der Waals surface area contributed by atoms with E-state index in [1.165, 1.54) is 6.08 Å². The molecule has 0 aliphatic rings. The number of benzene rings is 1. The number of methoxy groups -OCH3 is 1. The Bertz CT molecular complexity index is 575. The lowest BCUT2D eigenvalue weighted by Crippen LogP contribution is -1.88. The molecule has 0 amide bonds. The Hall–Kier alpha value is -2.65. The van der Waals surface area contributed by atoms with Crippen molar-refractivity contribution in [2.45, 2.75) is 0 Å². The molecule has 2 aromatic rings. The summed E-state index contributed by atoms with van der Waals surface area (Å²) in [4.78, 5) is 17.8. The molecule has 1 aromatic carbocycles. The number of aromatic nitrogens is 1. The van der Waals surface area contributed by atoms with Gasteiger partial charge in [-0.05, 0) is 36.4 Å². The standard InChI is InChI=1S/C13H10N2O3/c1-17-10-4-6-11(7-5-10)18-13-12(15-9-16)3-2-8-14-13/h2-8H,1H3. The topological polar surface area (TPSA) is 60.8 Å². The molecule has 0 saturated heterocycles.